The van der Waals surface area contributed by atoms with Gasteiger partial charge in [-0.15, -0.1) is 0 Å². The molecule has 5 heterocycles. The smallest absolute Gasteiger partial charge is 0.870 e. The van der Waals surface area contributed by atoms with Gasteiger partial charge >= 0.3 is 17.4 Å². The SMILES string of the molecule is O=S(=O)([O-])c1cccc2c3nc4[nH]c(nc5nc(nc6nc(nc([nH]3)c12)-c1ccccc1-6)-c1ccccc1-5)c1cccc(S(=O)(=O)[O-])c41.[Al+3].[OH-]. The Morgan fingerprint density at radius 1 is 0.440 bits per heavy atom. The first-order chi connectivity index (χ1) is 23.0. The zero-order valence-corrected chi connectivity index (χ0v) is 27.8. The van der Waals surface area contributed by atoms with Crippen LogP contribution in [-0.2, 0) is 20.2 Å². The molecule has 2 aliphatic heterocycles. The summed E-state index contributed by atoms with van der Waals surface area (Å²) in [6.45, 7) is 0. The van der Waals surface area contributed by atoms with E-state index in [0.717, 1.165) is 12.1 Å². The minimum Gasteiger partial charge on any atom is -0.870 e. The van der Waals surface area contributed by atoms with Crippen molar-refractivity contribution in [1.82, 2.24) is 39.9 Å². The van der Waals surface area contributed by atoms with E-state index in [2.05, 4.69) is 15.0 Å². The molecule has 0 saturated heterocycles. The van der Waals surface area contributed by atoms with Crippen LogP contribution in [0.4, 0.5) is 0 Å². The number of hydrogen-bond acceptors (Lipinski definition) is 13. The third-order valence-electron chi connectivity index (χ3n) is 8.16. The molecule has 0 aliphatic carbocycles. The number of fused-ring (bicyclic) bond motifs is 20. The van der Waals surface area contributed by atoms with Gasteiger partial charge in [0.15, 0.2) is 23.3 Å². The van der Waals surface area contributed by atoms with Gasteiger partial charge in [0, 0.05) is 43.8 Å². The molecule has 0 radical (unpaired) electrons. The molecule has 0 amide bonds. The van der Waals surface area contributed by atoms with Gasteiger partial charge in [-0.05, 0) is 12.1 Å². The predicted molar refractivity (Wildman–Crippen MR) is 180 cm³/mol. The van der Waals surface area contributed by atoms with Gasteiger partial charge in [-0.3, -0.25) is 0 Å². The number of H-pyrrole nitrogens is 2. The van der Waals surface area contributed by atoms with Crippen molar-refractivity contribution < 1.29 is 31.4 Å². The Kier molecular flexibility index (Phi) is 7.65. The Hall–Kier alpha value is -5.45. The topological polar surface area (TPSA) is 253 Å². The summed E-state index contributed by atoms with van der Waals surface area (Å²) < 4.78 is 74.8. The zero-order chi connectivity index (χ0) is 32.9. The Balaban J connectivity index is 0.00000196. The van der Waals surface area contributed by atoms with E-state index in [9.17, 15) is 25.9 Å². The van der Waals surface area contributed by atoms with E-state index >= 15 is 0 Å². The third-order valence-corrected chi connectivity index (χ3v) is 9.92. The van der Waals surface area contributed by atoms with Crippen LogP contribution in [0, 0.1) is 0 Å². The number of benzene rings is 4. The molecular weight excluding hydrogens is 700 g/mol. The molecule has 2 aliphatic rings. The van der Waals surface area contributed by atoms with Crippen LogP contribution in [-0.4, -0.2) is 88.7 Å². The summed E-state index contributed by atoms with van der Waals surface area (Å²) in [5, 5.41) is 0.356. The van der Waals surface area contributed by atoms with E-state index in [1.54, 1.807) is 18.2 Å². The molecule has 50 heavy (non-hydrogen) atoms. The molecule has 0 fully saturated rings. The monoisotopic (exact) mass is 716 g/mol. The largest absolute Gasteiger partial charge is 3.00 e. The fraction of sp³-hybridized carbons (Fsp3) is 0. The summed E-state index contributed by atoms with van der Waals surface area (Å²) >= 11 is 0. The maximum atomic E-state index is 12.5. The molecular formula is C32H17AlN8O7S2. The van der Waals surface area contributed by atoms with Crippen molar-refractivity contribution in [1.29, 1.82) is 0 Å². The Labute approximate surface area is 292 Å². The first kappa shape index (κ1) is 33.1. The quantitative estimate of drug-likeness (QED) is 0.189. The van der Waals surface area contributed by atoms with E-state index in [4.69, 9.17) is 24.9 Å². The first-order valence-corrected chi connectivity index (χ1v) is 17.1. The van der Waals surface area contributed by atoms with E-state index in [0.29, 0.717) is 33.9 Å². The second-order valence-electron chi connectivity index (χ2n) is 11.0. The average molecular weight is 717 g/mol. The minimum absolute atomic E-state index is 0. The van der Waals surface area contributed by atoms with Crippen molar-refractivity contribution in [3.05, 3.63) is 84.9 Å². The third kappa shape index (κ3) is 5.06. The van der Waals surface area contributed by atoms with E-state index in [-0.39, 0.29) is 78.6 Å². The van der Waals surface area contributed by atoms with Crippen LogP contribution in [0.25, 0.3) is 89.7 Å². The van der Waals surface area contributed by atoms with Gasteiger partial charge in [0.2, 0.25) is 0 Å². The van der Waals surface area contributed by atoms with Gasteiger partial charge in [0.25, 0.3) is 0 Å². The van der Waals surface area contributed by atoms with Gasteiger partial charge in [-0.25, -0.2) is 46.7 Å². The number of aromatic amines is 2. The molecule has 4 aromatic carbocycles. The maximum absolute atomic E-state index is 12.5. The summed E-state index contributed by atoms with van der Waals surface area (Å²) in [6, 6.07) is 22.8. The molecule has 3 aromatic heterocycles. The van der Waals surface area contributed by atoms with Crippen LogP contribution >= 0.6 is 0 Å². The Morgan fingerprint density at radius 2 is 0.780 bits per heavy atom. The van der Waals surface area contributed by atoms with Crippen molar-refractivity contribution in [2.24, 2.45) is 0 Å². The predicted octanol–water partition coefficient (Wildman–Crippen LogP) is 4.12. The van der Waals surface area contributed by atoms with Crippen LogP contribution in [0.3, 0.4) is 0 Å². The molecule has 9 rings (SSSR count). The van der Waals surface area contributed by atoms with E-state index in [1.165, 1.54) is 18.2 Å². The molecule has 0 saturated carbocycles. The van der Waals surface area contributed by atoms with Crippen LogP contribution in [0.5, 0.6) is 0 Å². The summed E-state index contributed by atoms with van der Waals surface area (Å²) in [5.74, 6) is 1.04. The molecule has 242 valence electrons. The maximum Gasteiger partial charge on any atom is 3.00 e. The summed E-state index contributed by atoms with van der Waals surface area (Å²) in [4.78, 5) is 33.3. The van der Waals surface area contributed by atoms with E-state index in [1.807, 2.05) is 36.4 Å². The second kappa shape index (κ2) is 11.6. The fourth-order valence-corrected chi connectivity index (χ4v) is 7.55. The summed E-state index contributed by atoms with van der Waals surface area (Å²) in [6.07, 6.45) is 0. The van der Waals surface area contributed by atoms with Gasteiger partial charge in [-0.2, -0.15) is 0 Å². The molecule has 3 N–H and O–H groups in total. The molecule has 8 bridgehead atoms. The first-order valence-electron chi connectivity index (χ1n) is 14.2. The minimum atomic E-state index is -5.01. The molecule has 0 spiro atoms. The van der Waals surface area contributed by atoms with Crippen molar-refractivity contribution >= 4 is 81.7 Å². The zero-order valence-electron chi connectivity index (χ0n) is 25.1. The number of rotatable bonds is 2. The Bertz CT molecular complexity index is 2990. The average Bonchev–Trinajstić information content (AvgIpc) is 3.79. The standard InChI is InChI=1S/C32H18N8O6S2.Al.H2O/c41-47(42,43)21-13-5-11-19-23(21)32-38-29(19)36-27-16-8-2-1-7-15(16)25(34-27)33-26-17-9-3-4-10-18(17)28(35-26)37-31-24-20(30(39-31)40-32)12-6-14-22(24)48(44,45)46;;/h1-14H,(H,41,42,43)(H,44,45,46)(H2,33,34,35,36,37,38,39,40);;1H2/q;+3;/p-3. The van der Waals surface area contributed by atoms with Gasteiger partial charge in [0.1, 0.15) is 42.8 Å². The number of nitrogens with one attached hydrogen (secondary N) is 2. The van der Waals surface area contributed by atoms with Crippen molar-refractivity contribution in [2.45, 2.75) is 9.79 Å². The molecule has 7 aromatic rings. The van der Waals surface area contributed by atoms with Crippen molar-refractivity contribution in [3.63, 3.8) is 0 Å². The van der Waals surface area contributed by atoms with Gasteiger partial charge < -0.3 is 24.5 Å². The second-order valence-corrected chi connectivity index (χ2v) is 13.7. The number of hydrogen-bond donors (Lipinski definition) is 2. The van der Waals surface area contributed by atoms with Crippen LogP contribution in [0.2, 0.25) is 0 Å². The summed E-state index contributed by atoms with van der Waals surface area (Å²) in [7, 11) is -10.0. The normalized spacial score (nSPS) is 12.2. The van der Waals surface area contributed by atoms with Crippen molar-refractivity contribution in [2.75, 3.05) is 0 Å². The van der Waals surface area contributed by atoms with Gasteiger partial charge in [0.05, 0.1) is 9.79 Å². The van der Waals surface area contributed by atoms with Crippen molar-refractivity contribution in [3.8, 4) is 45.6 Å². The van der Waals surface area contributed by atoms with Crippen LogP contribution < -0.4 is 0 Å². The summed E-state index contributed by atoms with van der Waals surface area (Å²) in [5.41, 5.74) is 2.62. The van der Waals surface area contributed by atoms with E-state index < -0.39 is 30.0 Å². The molecule has 18 heteroatoms. The van der Waals surface area contributed by atoms with Crippen LogP contribution in [0.15, 0.2) is 94.7 Å². The molecule has 0 unspecified atom stereocenters. The molecule has 0 atom stereocenters. The molecule has 15 nitrogen and oxygen atoms in total. The Morgan fingerprint density at radius 3 is 1.18 bits per heavy atom. The fourth-order valence-electron chi connectivity index (χ4n) is 6.14. The van der Waals surface area contributed by atoms with Gasteiger partial charge in [-0.1, -0.05) is 72.8 Å². The number of aromatic nitrogens is 8. The van der Waals surface area contributed by atoms with Crippen LogP contribution in [0.1, 0.15) is 0 Å². The number of nitrogens with zero attached hydrogens (tertiary/aromatic N) is 6.